The van der Waals surface area contributed by atoms with E-state index >= 15 is 0 Å². The Morgan fingerprint density at radius 3 is 2.73 bits per heavy atom. The minimum Gasteiger partial charge on any atom is -0.322 e. The monoisotopic (exact) mass is 189 g/mol. The number of rotatable bonds is 2. The highest BCUT2D eigenvalue weighted by molar-refractivity contribution is 7.14. The SMILES string of the molecule is CCC(C)(N)c1ccsc1Cl. The Bertz CT molecular complexity index is 242. The molecule has 2 N–H and O–H groups in total. The summed E-state index contributed by atoms with van der Waals surface area (Å²) in [6.07, 6.45) is 0.906. The fourth-order valence-electron chi connectivity index (χ4n) is 0.896. The number of hydrogen-bond donors (Lipinski definition) is 1. The molecule has 0 fully saturated rings. The highest BCUT2D eigenvalue weighted by atomic mass is 35.5. The lowest BCUT2D eigenvalue weighted by atomic mass is 9.93. The predicted molar refractivity (Wildman–Crippen MR) is 51.2 cm³/mol. The van der Waals surface area contributed by atoms with Gasteiger partial charge in [0.2, 0.25) is 0 Å². The van der Waals surface area contributed by atoms with Crippen LogP contribution in [-0.2, 0) is 5.54 Å². The molecule has 0 saturated carbocycles. The lowest BCUT2D eigenvalue weighted by Crippen LogP contribution is -2.31. The first-order valence-electron chi connectivity index (χ1n) is 3.60. The zero-order chi connectivity index (χ0) is 8.48. The van der Waals surface area contributed by atoms with Crippen LogP contribution in [-0.4, -0.2) is 0 Å². The van der Waals surface area contributed by atoms with Gasteiger partial charge in [-0.15, -0.1) is 11.3 Å². The predicted octanol–water partition coefficient (Wildman–Crippen LogP) is 2.99. The summed E-state index contributed by atoms with van der Waals surface area (Å²) >= 11 is 7.47. The van der Waals surface area contributed by atoms with E-state index in [4.69, 9.17) is 17.3 Å². The molecule has 0 aliphatic rings. The molecule has 1 nitrogen and oxygen atoms in total. The summed E-state index contributed by atoms with van der Waals surface area (Å²) in [4.78, 5) is 0. The summed E-state index contributed by atoms with van der Waals surface area (Å²) in [5.74, 6) is 0. The van der Waals surface area contributed by atoms with Gasteiger partial charge in [0.05, 0.1) is 4.34 Å². The van der Waals surface area contributed by atoms with Crippen molar-refractivity contribution in [1.82, 2.24) is 0 Å². The van der Waals surface area contributed by atoms with Crippen LogP contribution in [0.3, 0.4) is 0 Å². The third-order valence-corrected chi connectivity index (χ3v) is 3.14. The number of nitrogens with two attached hydrogens (primary N) is 1. The van der Waals surface area contributed by atoms with E-state index in [1.54, 1.807) is 0 Å². The van der Waals surface area contributed by atoms with E-state index in [0.717, 1.165) is 16.3 Å². The van der Waals surface area contributed by atoms with Gasteiger partial charge in [-0.2, -0.15) is 0 Å². The van der Waals surface area contributed by atoms with Crippen LogP contribution < -0.4 is 5.73 Å². The van der Waals surface area contributed by atoms with Gasteiger partial charge >= 0.3 is 0 Å². The van der Waals surface area contributed by atoms with Crippen LogP contribution >= 0.6 is 22.9 Å². The first-order chi connectivity index (χ1) is 5.08. The molecule has 1 aromatic heterocycles. The number of thiophene rings is 1. The molecule has 0 spiro atoms. The summed E-state index contributed by atoms with van der Waals surface area (Å²) in [6, 6.07) is 2.00. The van der Waals surface area contributed by atoms with Crippen LogP contribution in [0.4, 0.5) is 0 Å². The van der Waals surface area contributed by atoms with Crippen molar-refractivity contribution in [3.63, 3.8) is 0 Å². The normalized spacial score (nSPS) is 16.4. The molecule has 3 heteroatoms. The maximum atomic E-state index is 6.00. The quantitative estimate of drug-likeness (QED) is 0.761. The molecule has 0 aliphatic carbocycles. The third kappa shape index (κ3) is 1.75. The first-order valence-corrected chi connectivity index (χ1v) is 4.86. The Morgan fingerprint density at radius 1 is 1.73 bits per heavy atom. The second kappa shape index (κ2) is 3.13. The Hall–Kier alpha value is -0.0500. The molecule has 0 amide bonds. The maximum Gasteiger partial charge on any atom is 0.0978 e. The standard InChI is InChI=1S/C8H12ClNS/c1-3-8(2,10)6-4-5-11-7(6)9/h4-5H,3,10H2,1-2H3. The van der Waals surface area contributed by atoms with Crippen LogP contribution in [0.25, 0.3) is 0 Å². The van der Waals surface area contributed by atoms with E-state index in [0.29, 0.717) is 0 Å². The van der Waals surface area contributed by atoms with Crippen LogP contribution in [0.2, 0.25) is 4.34 Å². The van der Waals surface area contributed by atoms with Gasteiger partial charge in [0, 0.05) is 11.1 Å². The highest BCUT2D eigenvalue weighted by Gasteiger charge is 2.21. The van der Waals surface area contributed by atoms with Gasteiger partial charge in [-0.1, -0.05) is 18.5 Å². The number of hydrogen-bond acceptors (Lipinski definition) is 2. The van der Waals surface area contributed by atoms with E-state index in [-0.39, 0.29) is 5.54 Å². The van der Waals surface area contributed by atoms with Gasteiger partial charge in [-0.05, 0) is 24.8 Å². The van der Waals surface area contributed by atoms with Crippen molar-refractivity contribution in [3.8, 4) is 0 Å². The molecule has 0 aromatic carbocycles. The van der Waals surface area contributed by atoms with Crippen molar-refractivity contribution in [2.24, 2.45) is 5.73 Å². The third-order valence-electron chi connectivity index (χ3n) is 1.97. The molecule has 1 aromatic rings. The molecule has 0 saturated heterocycles. The van der Waals surface area contributed by atoms with Crippen molar-refractivity contribution < 1.29 is 0 Å². The maximum absolute atomic E-state index is 6.00. The summed E-state index contributed by atoms with van der Waals surface area (Å²) in [5, 5.41) is 1.97. The zero-order valence-electron chi connectivity index (χ0n) is 6.73. The van der Waals surface area contributed by atoms with Gasteiger partial charge in [0.1, 0.15) is 0 Å². The molecular formula is C8H12ClNS. The van der Waals surface area contributed by atoms with E-state index in [2.05, 4.69) is 6.92 Å². The second-order valence-electron chi connectivity index (χ2n) is 2.88. The Balaban J connectivity index is 3.00. The Labute approximate surface area is 76.2 Å². The van der Waals surface area contributed by atoms with Gasteiger partial charge < -0.3 is 5.73 Å². The molecule has 0 radical (unpaired) electrons. The minimum absolute atomic E-state index is 0.267. The molecule has 1 atom stereocenters. The average Bonchev–Trinajstić information content (AvgIpc) is 2.36. The molecule has 1 unspecified atom stereocenters. The van der Waals surface area contributed by atoms with Crippen LogP contribution in [0.15, 0.2) is 11.4 Å². The summed E-state index contributed by atoms with van der Waals surface area (Å²) in [5.41, 5.74) is 6.80. The highest BCUT2D eigenvalue weighted by Crippen LogP contribution is 2.32. The average molecular weight is 190 g/mol. The fraction of sp³-hybridized carbons (Fsp3) is 0.500. The van der Waals surface area contributed by atoms with Gasteiger partial charge in [0.25, 0.3) is 0 Å². The molecule has 1 rings (SSSR count). The molecule has 1 heterocycles. The lowest BCUT2D eigenvalue weighted by Gasteiger charge is -2.21. The minimum atomic E-state index is -0.267. The number of halogens is 1. The topological polar surface area (TPSA) is 26.0 Å². The van der Waals surface area contributed by atoms with Crippen molar-refractivity contribution in [3.05, 3.63) is 21.3 Å². The van der Waals surface area contributed by atoms with Crippen LogP contribution in [0.1, 0.15) is 25.8 Å². The Kier molecular flexibility index (Phi) is 2.58. The summed E-state index contributed by atoms with van der Waals surface area (Å²) < 4.78 is 0.817. The van der Waals surface area contributed by atoms with Gasteiger partial charge in [-0.25, -0.2) is 0 Å². The van der Waals surface area contributed by atoms with Crippen molar-refractivity contribution in [2.45, 2.75) is 25.8 Å². The summed E-state index contributed by atoms with van der Waals surface area (Å²) in [6.45, 7) is 4.06. The fourth-order valence-corrected chi connectivity index (χ4v) is 2.08. The zero-order valence-corrected chi connectivity index (χ0v) is 8.30. The van der Waals surface area contributed by atoms with E-state index < -0.39 is 0 Å². The Morgan fingerprint density at radius 2 is 2.36 bits per heavy atom. The van der Waals surface area contributed by atoms with Crippen molar-refractivity contribution in [1.29, 1.82) is 0 Å². The van der Waals surface area contributed by atoms with Gasteiger partial charge in [0.15, 0.2) is 0 Å². The van der Waals surface area contributed by atoms with E-state index in [1.165, 1.54) is 11.3 Å². The second-order valence-corrected chi connectivity index (χ2v) is 4.40. The largest absolute Gasteiger partial charge is 0.322 e. The van der Waals surface area contributed by atoms with Crippen LogP contribution in [0, 0.1) is 0 Å². The molecule has 0 aliphatic heterocycles. The first kappa shape index (κ1) is 9.04. The van der Waals surface area contributed by atoms with Crippen molar-refractivity contribution >= 4 is 22.9 Å². The van der Waals surface area contributed by atoms with E-state index in [9.17, 15) is 0 Å². The lowest BCUT2D eigenvalue weighted by molar-refractivity contribution is 0.478. The molecule has 0 bridgehead atoms. The summed E-state index contributed by atoms with van der Waals surface area (Å²) in [7, 11) is 0. The smallest absolute Gasteiger partial charge is 0.0978 e. The van der Waals surface area contributed by atoms with Crippen LogP contribution in [0.5, 0.6) is 0 Å². The van der Waals surface area contributed by atoms with E-state index in [1.807, 2.05) is 18.4 Å². The van der Waals surface area contributed by atoms with Gasteiger partial charge in [-0.3, -0.25) is 0 Å². The van der Waals surface area contributed by atoms with Crippen molar-refractivity contribution in [2.75, 3.05) is 0 Å². The molecule has 11 heavy (non-hydrogen) atoms. The molecular weight excluding hydrogens is 178 g/mol. The molecule has 62 valence electrons.